The van der Waals surface area contributed by atoms with Gasteiger partial charge in [-0.1, -0.05) is 107 Å². The van der Waals surface area contributed by atoms with Crippen LogP contribution in [0, 0.1) is 0 Å². The maximum atomic E-state index is 5.26. The minimum absolute atomic E-state index is 0.118. The monoisotopic (exact) mass is 409 g/mol. The SMILES string of the molecule is CC(C)(C)c1cccc(-c2nc3cccc(-c4ccccc4)c3cc2[Si](C)(C)C)c1. The smallest absolute Gasteiger partial charge is 0.0804 e. The highest BCUT2D eigenvalue weighted by Crippen LogP contribution is 2.32. The van der Waals surface area contributed by atoms with Crippen LogP contribution in [0.25, 0.3) is 33.3 Å². The average molecular weight is 410 g/mol. The molecule has 0 aliphatic heterocycles. The first kappa shape index (κ1) is 20.6. The van der Waals surface area contributed by atoms with Crippen molar-refractivity contribution < 1.29 is 0 Å². The third-order valence-electron chi connectivity index (χ3n) is 5.75. The van der Waals surface area contributed by atoms with Gasteiger partial charge in [0, 0.05) is 10.9 Å². The Bertz CT molecular complexity index is 1190. The van der Waals surface area contributed by atoms with Crippen molar-refractivity contribution in [3.05, 3.63) is 84.4 Å². The van der Waals surface area contributed by atoms with Crippen LogP contribution in [-0.2, 0) is 5.41 Å². The molecule has 30 heavy (non-hydrogen) atoms. The predicted octanol–water partition coefficient (Wildman–Crippen LogP) is 7.41. The van der Waals surface area contributed by atoms with Gasteiger partial charge in [0.05, 0.1) is 19.3 Å². The van der Waals surface area contributed by atoms with Gasteiger partial charge < -0.3 is 0 Å². The van der Waals surface area contributed by atoms with E-state index in [1.54, 1.807) is 0 Å². The van der Waals surface area contributed by atoms with Crippen molar-refractivity contribution in [1.29, 1.82) is 0 Å². The molecule has 0 radical (unpaired) electrons. The Kier molecular flexibility index (Phi) is 5.15. The van der Waals surface area contributed by atoms with Crippen molar-refractivity contribution in [2.24, 2.45) is 0 Å². The first-order chi connectivity index (χ1) is 14.1. The molecule has 0 N–H and O–H groups in total. The lowest BCUT2D eigenvalue weighted by molar-refractivity contribution is 0.590. The van der Waals surface area contributed by atoms with E-state index in [1.807, 2.05) is 0 Å². The van der Waals surface area contributed by atoms with Crippen LogP contribution in [0.3, 0.4) is 0 Å². The number of pyridine rings is 1. The molecular weight excluding hydrogens is 378 g/mol. The molecule has 0 bridgehead atoms. The molecule has 0 saturated carbocycles. The third-order valence-corrected chi connectivity index (χ3v) is 7.75. The highest BCUT2D eigenvalue weighted by atomic mass is 28.3. The molecule has 152 valence electrons. The summed E-state index contributed by atoms with van der Waals surface area (Å²) >= 11 is 0. The Hall–Kier alpha value is -2.71. The Morgan fingerprint density at radius 3 is 2.03 bits per heavy atom. The summed E-state index contributed by atoms with van der Waals surface area (Å²) < 4.78 is 0. The van der Waals surface area contributed by atoms with Crippen LogP contribution in [0.1, 0.15) is 26.3 Å². The van der Waals surface area contributed by atoms with Crippen molar-refractivity contribution in [2.75, 3.05) is 0 Å². The van der Waals surface area contributed by atoms with E-state index in [9.17, 15) is 0 Å². The van der Waals surface area contributed by atoms with Gasteiger partial charge in [0.2, 0.25) is 0 Å². The van der Waals surface area contributed by atoms with Crippen molar-refractivity contribution in [3.63, 3.8) is 0 Å². The summed E-state index contributed by atoms with van der Waals surface area (Å²) in [6.07, 6.45) is 0. The number of rotatable bonds is 3. The predicted molar refractivity (Wildman–Crippen MR) is 134 cm³/mol. The van der Waals surface area contributed by atoms with Crippen molar-refractivity contribution in [3.8, 4) is 22.4 Å². The minimum atomic E-state index is -1.63. The molecule has 0 saturated heterocycles. The van der Waals surface area contributed by atoms with E-state index in [1.165, 1.54) is 32.8 Å². The molecular formula is C28H31NSi. The lowest BCUT2D eigenvalue weighted by Gasteiger charge is -2.24. The van der Waals surface area contributed by atoms with Gasteiger partial charge in [0.25, 0.3) is 0 Å². The standard InChI is InChI=1S/C28H31NSi/c1-28(2,3)22-15-10-14-21(18-22)27-26(30(4,5)6)19-24-23(16-11-17-25(24)29-27)20-12-8-7-9-13-20/h7-19H,1-6H3. The second kappa shape index (κ2) is 7.52. The number of fused-ring (bicyclic) bond motifs is 1. The van der Waals surface area contributed by atoms with Crippen LogP contribution < -0.4 is 5.19 Å². The van der Waals surface area contributed by atoms with Crippen LogP contribution in [0.5, 0.6) is 0 Å². The van der Waals surface area contributed by atoms with E-state index in [-0.39, 0.29) is 5.41 Å². The summed E-state index contributed by atoms with van der Waals surface area (Å²) in [4.78, 5) is 5.26. The topological polar surface area (TPSA) is 12.9 Å². The summed E-state index contributed by atoms with van der Waals surface area (Å²) in [6, 6.07) is 28.5. The van der Waals surface area contributed by atoms with Crippen LogP contribution in [-0.4, -0.2) is 13.1 Å². The second-order valence-electron chi connectivity index (χ2n) is 10.2. The molecule has 2 heteroatoms. The van der Waals surface area contributed by atoms with E-state index in [0.29, 0.717) is 0 Å². The summed E-state index contributed by atoms with van der Waals surface area (Å²) in [5.41, 5.74) is 7.41. The maximum Gasteiger partial charge on any atom is 0.0804 e. The molecule has 1 nitrogen and oxygen atoms in total. The van der Waals surface area contributed by atoms with Gasteiger partial charge in [-0.25, -0.2) is 4.98 Å². The highest BCUT2D eigenvalue weighted by molar-refractivity contribution is 6.89. The molecule has 0 unspecified atom stereocenters. The van der Waals surface area contributed by atoms with E-state index >= 15 is 0 Å². The summed E-state index contributed by atoms with van der Waals surface area (Å²) in [6.45, 7) is 14.1. The lowest BCUT2D eigenvalue weighted by atomic mass is 9.86. The third kappa shape index (κ3) is 3.97. The quantitative estimate of drug-likeness (QED) is 0.321. The van der Waals surface area contributed by atoms with Crippen molar-refractivity contribution in [2.45, 2.75) is 45.8 Å². The second-order valence-corrected chi connectivity index (χ2v) is 15.2. The van der Waals surface area contributed by atoms with Gasteiger partial charge in [-0.3, -0.25) is 0 Å². The van der Waals surface area contributed by atoms with Crippen molar-refractivity contribution in [1.82, 2.24) is 4.98 Å². The summed E-state index contributed by atoms with van der Waals surface area (Å²) in [5.74, 6) is 0. The largest absolute Gasteiger partial charge is 0.248 e. The van der Waals surface area contributed by atoms with Gasteiger partial charge in [-0.2, -0.15) is 0 Å². The van der Waals surface area contributed by atoms with Crippen LogP contribution in [0.15, 0.2) is 78.9 Å². The average Bonchev–Trinajstić information content (AvgIpc) is 2.72. The fourth-order valence-electron chi connectivity index (χ4n) is 3.99. The molecule has 0 atom stereocenters. The van der Waals surface area contributed by atoms with Gasteiger partial charge in [-0.05, 0) is 39.4 Å². The normalized spacial score (nSPS) is 12.3. The van der Waals surface area contributed by atoms with Gasteiger partial charge in [-0.15, -0.1) is 0 Å². The lowest BCUT2D eigenvalue weighted by Crippen LogP contribution is -2.39. The molecule has 0 aliphatic rings. The molecule has 4 rings (SSSR count). The molecule has 0 aliphatic carbocycles. The Morgan fingerprint density at radius 2 is 1.37 bits per heavy atom. The summed E-state index contributed by atoms with van der Waals surface area (Å²) in [7, 11) is -1.63. The summed E-state index contributed by atoms with van der Waals surface area (Å²) in [5, 5.41) is 2.67. The van der Waals surface area contributed by atoms with Crippen LogP contribution in [0.2, 0.25) is 19.6 Å². The minimum Gasteiger partial charge on any atom is -0.248 e. The van der Waals surface area contributed by atoms with Gasteiger partial charge in [0.15, 0.2) is 0 Å². The highest BCUT2D eigenvalue weighted by Gasteiger charge is 2.24. The number of nitrogens with zero attached hydrogens (tertiary/aromatic N) is 1. The first-order valence-corrected chi connectivity index (χ1v) is 14.3. The fourth-order valence-corrected chi connectivity index (χ4v) is 5.48. The molecule has 1 aromatic heterocycles. The zero-order valence-corrected chi connectivity index (χ0v) is 20.0. The van der Waals surface area contributed by atoms with E-state index in [0.717, 1.165) is 11.2 Å². The zero-order valence-electron chi connectivity index (χ0n) is 19.0. The number of hydrogen-bond donors (Lipinski definition) is 0. The van der Waals surface area contributed by atoms with Crippen molar-refractivity contribution >= 4 is 24.2 Å². The molecule has 4 aromatic rings. The Balaban J connectivity index is 2.00. The molecule has 0 fully saturated rings. The van der Waals surface area contributed by atoms with Gasteiger partial charge >= 0.3 is 0 Å². The maximum absolute atomic E-state index is 5.26. The first-order valence-electron chi connectivity index (χ1n) is 10.8. The van der Waals surface area contributed by atoms with Crippen LogP contribution in [0.4, 0.5) is 0 Å². The number of aromatic nitrogens is 1. The molecule has 0 spiro atoms. The van der Waals surface area contributed by atoms with E-state index in [4.69, 9.17) is 4.98 Å². The van der Waals surface area contributed by atoms with Gasteiger partial charge in [0.1, 0.15) is 0 Å². The van der Waals surface area contributed by atoms with E-state index < -0.39 is 8.07 Å². The molecule has 0 amide bonds. The molecule has 3 aromatic carbocycles. The Morgan fingerprint density at radius 1 is 0.700 bits per heavy atom. The number of benzene rings is 3. The number of hydrogen-bond acceptors (Lipinski definition) is 1. The molecule has 1 heterocycles. The fraction of sp³-hybridized carbons (Fsp3) is 0.250. The zero-order chi connectivity index (χ0) is 21.5. The van der Waals surface area contributed by atoms with Crippen LogP contribution >= 0.6 is 0 Å². The van der Waals surface area contributed by atoms with E-state index in [2.05, 4.69) is 119 Å². The Labute approximate surface area is 181 Å².